The average molecular weight is 632 g/mol. The lowest BCUT2D eigenvalue weighted by Crippen LogP contribution is -2.29. The highest BCUT2D eigenvalue weighted by Gasteiger charge is 2.46. The number of ether oxygens (including phenoxy) is 2. The van der Waals surface area contributed by atoms with Gasteiger partial charge in [-0.2, -0.15) is 5.26 Å². The van der Waals surface area contributed by atoms with Crippen molar-refractivity contribution in [2.45, 2.75) is 71.5 Å². The number of benzene rings is 4. The molecule has 0 fully saturated rings. The molecule has 4 aromatic carbocycles. The van der Waals surface area contributed by atoms with Gasteiger partial charge in [0.15, 0.2) is 0 Å². The Morgan fingerprint density at radius 3 is 1.90 bits per heavy atom. The van der Waals surface area contributed by atoms with Crippen molar-refractivity contribution >= 4 is 0 Å². The third-order valence-corrected chi connectivity index (χ3v) is 9.48. The van der Waals surface area contributed by atoms with Crippen LogP contribution >= 0.6 is 0 Å². The first-order chi connectivity index (χ1) is 23.1. The van der Waals surface area contributed by atoms with E-state index < -0.39 is 5.41 Å². The predicted molar refractivity (Wildman–Crippen MR) is 198 cm³/mol. The number of hydrogen-bond acceptors (Lipinski definition) is 3. The summed E-state index contributed by atoms with van der Waals surface area (Å²) in [5.74, 6) is 1.67. The van der Waals surface area contributed by atoms with Crippen LogP contribution < -0.4 is 9.47 Å². The molecule has 0 bridgehead atoms. The van der Waals surface area contributed by atoms with E-state index in [9.17, 15) is 5.26 Å². The highest BCUT2D eigenvalue weighted by atomic mass is 16.5. The fourth-order valence-corrected chi connectivity index (χ4v) is 7.50. The summed E-state index contributed by atoms with van der Waals surface area (Å²) in [7, 11) is 0. The summed E-state index contributed by atoms with van der Waals surface area (Å²) in [6.07, 6.45) is 9.78. The second kappa shape index (κ2) is 13.2. The maximum atomic E-state index is 10.3. The molecule has 3 nitrogen and oxygen atoms in total. The molecule has 0 N–H and O–H groups in total. The molecule has 4 aromatic rings. The molecule has 1 atom stereocenters. The number of nitriles is 1. The van der Waals surface area contributed by atoms with E-state index in [0.29, 0.717) is 24.8 Å². The molecule has 6 rings (SSSR count). The van der Waals surface area contributed by atoms with Crippen molar-refractivity contribution in [3.8, 4) is 28.7 Å². The van der Waals surface area contributed by atoms with Gasteiger partial charge < -0.3 is 9.47 Å². The second-order valence-electron chi connectivity index (χ2n) is 14.1. The summed E-state index contributed by atoms with van der Waals surface area (Å²) >= 11 is 0. The van der Waals surface area contributed by atoms with Gasteiger partial charge in [0.05, 0.1) is 23.2 Å². The molecule has 1 unspecified atom stereocenters. The van der Waals surface area contributed by atoms with Crippen molar-refractivity contribution in [1.82, 2.24) is 0 Å². The van der Waals surface area contributed by atoms with Gasteiger partial charge >= 0.3 is 0 Å². The van der Waals surface area contributed by atoms with Crippen LogP contribution in [0.3, 0.4) is 0 Å². The van der Waals surface area contributed by atoms with Crippen molar-refractivity contribution in [3.05, 3.63) is 167 Å². The Bertz CT molecular complexity index is 1930. The fraction of sp³-hybridized carbons (Fsp3) is 0.267. The topological polar surface area (TPSA) is 42.2 Å². The van der Waals surface area contributed by atoms with Gasteiger partial charge in [-0.25, -0.2) is 0 Å². The first-order valence-corrected chi connectivity index (χ1v) is 17.0. The van der Waals surface area contributed by atoms with Crippen LogP contribution in [0.1, 0.15) is 74.4 Å². The Morgan fingerprint density at radius 2 is 1.38 bits per heavy atom. The van der Waals surface area contributed by atoms with Crippen LogP contribution in [0.25, 0.3) is 11.1 Å². The number of nitrogens with zero attached hydrogens (tertiary/aromatic N) is 1. The molecule has 0 radical (unpaired) electrons. The molecule has 2 aliphatic carbocycles. The maximum absolute atomic E-state index is 10.3. The third-order valence-electron chi connectivity index (χ3n) is 9.48. The van der Waals surface area contributed by atoms with E-state index in [2.05, 4.69) is 151 Å². The zero-order valence-corrected chi connectivity index (χ0v) is 28.8. The molecule has 0 aliphatic heterocycles. The van der Waals surface area contributed by atoms with E-state index in [-0.39, 0.29) is 17.6 Å². The summed E-state index contributed by atoms with van der Waals surface area (Å²) in [6.45, 7) is 18.7. The minimum absolute atomic E-state index is 0.0610. The lowest BCUT2D eigenvalue weighted by Gasteiger charge is -2.35. The van der Waals surface area contributed by atoms with Gasteiger partial charge in [0.1, 0.15) is 17.6 Å². The van der Waals surface area contributed by atoms with Crippen LogP contribution in [0.2, 0.25) is 0 Å². The van der Waals surface area contributed by atoms with Crippen molar-refractivity contribution in [2.24, 2.45) is 5.41 Å². The molecule has 0 saturated heterocycles. The predicted octanol–water partition coefficient (Wildman–Crippen LogP) is 10.9. The minimum Gasteiger partial charge on any atom is -0.491 e. The van der Waals surface area contributed by atoms with Crippen molar-refractivity contribution < 1.29 is 9.47 Å². The Kier molecular flexibility index (Phi) is 9.04. The summed E-state index contributed by atoms with van der Waals surface area (Å²) in [4.78, 5) is 0. The summed E-state index contributed by atoms with van der Waals surface area (Å²) in [5, 5.41) is 10.3. The van der Waals surface area contributed by atoms with E-state index >= 15 is 0 Å². The molecule has 0 amide bonds. The molecule has 0 spiro atoms. The van der Waals surface area contributed by atoms with Gasteiger partial charge in [-0.3, -0.25) is 0 Å². The van der Waals surface area contributed by atoms with Gasteiger partial charge in [-0.05, 0) is 94.3 Å². The first kappa shape index (κ1) is 32.9. The number of fused-ring (bicyclic) bond motifs is 3. The van der Waals surface area contributed by atoms with Gasteiger partial charge in [0.2, 0.25) is 0 Å². The normalized spacial score (nSPS) is 16.2. The third kappa shape index (κ3) is 5.71. The zero-order chi connectivity index (χ0) is 34.1. The van der Waals surface area contributed by atoms with Crippen molar-refractivity contribution in [3.63, 3.8) is 0 Å². The van der Waals surface area contributed by atoms with Gasteiger partial charge in [-0.15, -0.1) is 13.2 Å². The van der Waals surface area contributed by atoms with Gasteiger partial charge in [0.25, 0.3) is 0 Å². The molecule has 48 heavy (non-hydrogen) atoms. The molecule has 0 saturated carbocycles. The highest BCUT2D eigenvalue weighted by Crippen LogP contribution is 2.57. The molecule has 0 aromatic heterocycles. The standard InChI is InChI=1S/C45H45NO2/c1-8-15-31-27-33(23-25-41(31)47-30(3)4)45(39-19-12-10-17-35(39)36-18-11-13-20-40(36)45)34-24-26-42(32(28-34)16-9-2)48-43-22-14-21-38(37(43)29-46)44(5,6)7/h8-14,17-21,23-28,30,43H,1-2,15-16,22H2,3-7H3. The van der Waals surface area contributed by atoms with Crippen molar-refractivity contribution in [1.29, 1.82) is 5.26 Å². The van der Waals surface area contributed by atoms with E-state index in [1.165, 1.54) is 27.8 Å². The molecule has 2 aliphatic rings. The summed E-state index contributed by atoms with van der Waals surface area (Å²) in [6, 6.07) is 33.3. The van der Waals surface area contributed by atoms with Crippen LogP contribution in [0.15, 0.2) is 134 Å². The highest BCUT2D eigenvalue weighted by molar-refractivity contribution is 5.86. The fourth-order valence-electron chi connectivity index (χ4n) is 7.50. The summed E-state index contributed by atoms with van der Waals surface area (Å²) < 4.78 is 13.0. The van der Waals surface area contributed by atoms with Crippen molar-refractivity contribution in [2.75, 3.05) is 0 Å². The Balaban J connectivity index is 1.57. The lowest BCUT2D eigenvalue weighted by molar-refractivity contribution is 0.237. The molecule has 0 heterocycles. The Morgan fingerprint density at radius 1 is 0.833 bits per heavy atom. The lowest BCUT2D eigenvalue weighted by atomic mass is 9.67. The Labute approximate surface area is 286 Å². The van der Waals surface area contributed by atoms with E-state index in [1.807, 2.05) is 12.2 Å². The maximum Gasteiger partial charge on any atom is 0.137 e. The van der Waals surface area contributed by atoms with Crippen LogP contribution in [0.4, 0.5) is 0 Å². The molecule has 3 heteroatoms. The monoisotopic (exact) mass is 631 g/mol. The second-order valence-corrected chi connectivity index (χ2v) is 14.1. The number of rotatable bonds is 10. The largest absolute Gasteiger partial charge is 0.491 e. The van der Waals surface area contributed by atoms with E-state index in [0.717, 1.165) is 33.8 Å². The SMILES string of the molecule is C=CCc1cc(C2(c3ccc(OC4CC=CC(C(C)(C)C)=C4C#N)c(CC=C)c3)c3ccccc3-c3ccccc32)ccc1OC(C)C. The van der Waals surface area contributed by atoms with E-state index in [4.69, 9.17) is 9.47 Å². The van der Waals surface area contributed by atoms with Crippen LogP contribution in [0.5, 0.6) is 11.5 Å². The van der Waals surface area contributed by atoms with Crippen LogP contribution in [-0.2, 0) is 18.3 Å². The summed E-state index contributed by atoms with van der Waals surface area (Å²) in [5.41, 5.74) is 10.4. The molecular formula is C45H45NO2. The van der Waals surface area contributed by atoms with Crippen LogP contribution in [-0.4, -0.2) is 12.2 Å². The Hall–Kier alpha value is -5.07. The molecule has 242 valence electrons. The quantitative estimate of drug-likeness (QED) is 0.144. The van der Waals surface area contributed by atoms with Gasteiger partial charge in [-0.1, -0.05) is 118 Å². The van der Waals surface area contributed by atoms with Crippen LogP contribution in [0, 0.1) is 16.7 Å². The smallest absolute Gasteiger partial charge is 0.137 e. The van der Waals surface area contributed by atoms with Gasteiger partial charge in [0, 0.05) is 6.42 Å². The molecular weight excluding hydrogens is 587 g/mol. The first-order valence-electron chi connectivity index (χ1n) is 17.0. The number of hydrogen-bond donors (Lipinski definition) is 0. The number of allylic oxidation sites excluding steroid dienone is 4. The van der Waals surface area contributed by atoms with E-state index in [1.54, 1.807) is 0 Å². The zero-order valence-electron chi connectivity index (χ0n) is 28.8. The minimum atomic E-state index is -0.585. The average Bonchev–Trinajstić information content (AvgIpc) is 3.37.